The van der Waals surface area contributed by atoms with Crippen molar-refractivity contribution in [3.63, 3.8) is 0 Å². The second-order valence-corrected chi connectivity index (χ2v) is 5.81. The van der Waals surface area contributed by atoms with Gasteiger partial charge in [0.05, 0.1) is 6.04 Å². The molecule has 0 aliphatic heterocycles. The van der Waals surface area contributed by atoms with Gasteiger partial charge < -0.3 is 5.73 Å². The zero-order valence-electron chi connectivity index (χ0n) is 10.3. The number of nitrogens with zero attached hydrogens (tertiary/aromatic N) is 4. The van der Waals surface area contributed by atoms with Crippen LogP contribution in [-0.4, -0.2) is 20.2 Å². The molecule has 5 nitrogen and oxygen atoms in total. The summed E-state index contributed by atoms with van der Waals surface area (Å²) in [5.41, 5.74) is 8.74. The molecule has 1 aromatic carbocycles. The number of tetrazole rings is 1. The van der Waals surface area contributed by atoms with E-state index in [9.17, 15) is 0 Å². The number of nitrogens with two attached hydrogens (primary N) is 1. The molecule has 0 amide bonds. The van der Waals surface area contributed by atoms with Crippen LogP contribution in [0.25, 0.3) is 11.4 Å². The van der Waals surface area contributed by atoms with Crippen LogP contribution < -0.4 is 5.73 Å². The van der Waals surface area contributed by atoms with Gasteiger partial charge in [-0.1, -0.05) is 22.9 Å². The Bertz CT molecular complexity index is 607. The highest BCUT2D eigenvalue weighted by Gasteiger charge is 2.37. The lowest BCUT2D eigenvalue weighted by Gasteiger charge is -2.09. The van der Waals surface area contributed by atoms with Crippen LogP contribution in [-0.2, 0) is 0 Å². The zero-order chi connectivity index (χ0) is 12.9. The third kappa shape index (κ3) is 1.80. The van der Waals surface area contributed by atoms with Gasteiger partial charge >= 0.3 is 0 Å². The lowest BCUT2D eigenvalue weighted by Crippen LogP contribution is -2.03. The molecule has 94 valence electrons. The van der Waals surface area contributed by atoms with E-state index in [1.165, 1.54) is 0 Å². The fourth-order valence-corrected chi connectivity index (χ4v) is 2.65. The molecule has 1 aliphatic carbocycles. The number of halogens is 1. The Morgan fingerprint density at radius 2 is 2.17 bits per heavy atom. The molecule has 0 spiro atoms. The molecular weight excluding hydrogens is 294 g/mol. The first-order valence-electron chi connectivity index (χ1n) is 5.91. The normalized spacial score (nSPS) is 22.2. The third-order valence-electron chi connectivity index (χ3n) is 3.53. The molecule has 2 N–H and O–H groups in total. The van der Waals surface area contributed by atoms with Crippen LogP contribution in [0.4, 0.5) is 5.69 Å². The topological polar surface area (TPSA) is 69.6 Å². The van der Waals surface area contributed by atoms with E-state index < -0.39 is 0 Å². The fourth-order valence-electron chi connectivity index (χ4n) is 2.17. The number of hydrogen-bond donors (Lipinski definition) is 1. The molecule has 18 heavy (non-hydrogen) atoms. The van der Waals surface area contributed by atoms with E-state index >= 15 is 0 Å². The summed E-state index contributed by atoms with van der Waals surface area (Å²) in [6.07, 6.45) is 1.14. The lowest BCUT2D eigenvalue weighted by molar-refractivity contribution is 0.584. The minimum atomic E-state index is 0.426. The summed E-state index contributed by atoms with van der Waals surface area (Å²) >= 11 is 3.46. The maximum atomic E-state index is 5.99. The zero-order valence-corrected chi connectivity index (χ0v) is 11.8. The van der Waals surface area contributed by atoms with Crippen molar-refractivity contribution in [1.82, 2.24) is 20.2 Å². The first kappa shape index (κ1) is 11.6. The maximum absolute atomic E-state index is 5.99. The van der Waals surface area contributed by atoms with Gasteiger partial charge in [-0.15, -0.1) is 5.10 Å². The van der Waals surface area contributed by atoms with Crippen molar-refractivity contribution < 1.29 is 0 Å². The average molecular weight is 308 g/mol. The van der Waals surface area contributed by atoms with Crippen molar-refractivity contribution in [2.24, 2.45) is 5.92 Å². The Morgan fingerprint density at radius 1 is 1.44 bits per heavy atom. The maximum Gasteiger partial charge on any atom is 0.182 e. The van der Waals surface area contributed by atoms with E-state index in [1.807, 2.05) is 23.7 Å². The monoisotopic (exact) mass is 307 g/mol. The van der Waals surface area contributed by atoms with Gasteiger partial charge in [0.1, 0.15) is 0 Å². The van der Waals surface area contributed by atoms with Crippen LogP contribution in [0, 0.1) is 12.8 Å². The van der Waals surface area contributed by atoms with E-state index in [1.54, 1.807) is 0 Å². The Kier molecular flexibility index (Phi) is 2.62. The van der Waals surface area contributed by atoms with E-state index in [2.05, 4.69) is 38.4 Å². The molecule has 1 aromatic heterocycles. The van der Waals surface area contributed by atoms with Gasteiger partial charge in [0.15, 0.2) is 5.82 Å². The van der Waals surface area contributed by atoms with Gasteiger partial charge in [-0.25, -0.2) is 4.68 Å². The molecule has 1 saturated carbocycles. The van der Waals surface area contributed by atoms with Crippen molar-refractivity contribution in [3.05, 3.63) is 22.2 Å². The second-order valence-electron chi connectivity index (χ2n) is 4.89. The average Bonchev–Trinajstić information content (AvgIpc) is 2.87. The van der Waals surface area contributed by atoms with Crippen LogP contribution >= 0.6 is 15.9 Å². The summed E-state index contributed by atoms with van der Waals surface area (Å²) in [5, 5.41) is 12.1. The van der Waals surface area contributed by atoms with E-state index in [4.69, 9.17) is 5.73 Å². The molecule has 2 atom stereocenters. The van der Waals surface area contributed by atoms with Gasteiger partial charge in [-0.3, -0.25) is 0 Å². The van der Waals surface area contributed by atoms with Crippen molar-refractivity contribution >= 4 is 21.6 Å². The Labute approximate surface area is 113 Å². The molecular formula is C12H14BrN5. The highest BCUT2D eigenvalue weighted by molar-refractivity contribution is 9.10. The second kappa shape index (κ2) is 4.05. The van der Waals surface area contributed by atoms with Crippen molar-refractivity contribution in [1.29, 1.82) is 0 Å². The van der Waals surface area contributed by atoms with E-state index in [-0.39, 0.29) is 0 Å². The summed E-state index contributed by atoms with van der Waals surface area (Å²) in [4.78, 5) is 0. The summed E-state index contributed by atoms with van der Waals surface area (Å²) < 4.78 is 2.86. The summed E-state index contributed by atoms with van der Waals surface area (Å²) in [7, 11) is 0. The van der Waals surface area contributed by atoms with Gasteiger partial charge in [-0.05, 0) is 47.4 Å². The van der Waals surface area contributed by atoms with Crippen molar-refractivity contribution in [3.8, 4) is 11.4 Å². The highest BCUT2D eigenvalue weighted by Crippen LogP contribution is 2.44. The van der Waals surface area contributed by atoms with Crippen LogP contribution in [0.15, 0.2) is 16.6 Å². The minimum Gasteiger partial charge on any atom is -0.398 e. The molecule has 1 fully saturated rings. The van der Waals surface area contributed by atoms with Gasteiger partial charge in [0, 0.05) is 15.7 Å². The Morgan fingerprint density at radius 3 is 2.83 bits per heavy atom. The predicted octanol–water partition coefficient (Wildman–Crippen LogP) is 2.57. The summed E-state index contributed by atoms with van der Waals surface area (Å²) in [5.74, 6) is 1.45. The molecule has 0 saturated heterocycles. The molecule has 3 rings (SSSR count). The molecule has 0 radical (unpaired) electrons. The SMILES string of the molecule is Cc1c(N)cc(Br)cc1-c1nnnn1C1CC1C. The smallest absolute Gasteiger partial charge is 0.182 e. The molecule has 1 aliphatic rings. The van der Waals surface area contributed by atoms with Crippen molar-refractivity contribution in [2.75, 3.05) is 5.73 Å². The van der Waals surface area contributed by atoms with Crippen LogP contribution in [0.3, 0.4) is 0 Å². The number of anilines is 1. The highest BCUT2D eigenvalue weighted by atomic mass is 79.9. The Hall–Kier alpha value is -1.43. The number of nitrogen functional groups attached to an aromatic ring is 1. The first-order valence-corrected chi connectivity index (χ1v) is 6.71. The molecule has 2 unspecified atom stereocenters. The Balaban J connectivity index is 2.13. The molecule has 6 heteroatoms. The van der Waals surface area contributed by atoms with Crippen LogP contribution in [0.5, 0.6) is 0 Å². The quantitative estimate of drug-likeness (QED) is 0.866. The number of rotatable bonds is 2. The summed E-state index contributed by atoms with van der Waals surface area (Å²) in [6.45, 7) is 4.20. The van der Waals surface area contributed by atoms with Gasteiger partial charge in [0.25, 0.3) is 0 Å². The minimum absolute atomic E-state index is 0.426. The number of benzene rings is 1. The van der Waals surface area contributed by atoms with E-state index in [0.29, 0.717) is 12.0 Å². The lowest BCUT2D eigenvalue weighted by atomic mass is 10.1. The molecule has 2 aromatic rings. The largest absolute Gasteiger partial charge is 0.398 e. The standard InChI is InChI=1S/C12H14BrN5/c1-6-3-11(6)18-12(15-16-17-18)9-4-8(13)5-10(14)7(9)2/h4-6,11H,3,14H2,1-2H3. The van der Waals surface area contributed by atoms with E-state index in [0.717, 1.165) is 33.5 Å². The summed E-state index contributed by atoms with van der Waals surface area (Å²) in [6, 6.07) is 4.34. The number of aromatic nitrogens is 4. The fraction of sp³-hybridized carbons (Fsp3) is 0.417. The molecule has 0 bridgehead atoms. The van der Waals surface area contributed by atoms with Gasteiger partial charge in [0.2, 0.25) is 0 Å². The van der Waals surface area contributed by atoms with Crippen LogP contribution in [0.1, 0.15) is 24.9 Å². The molecule has 1 heterocycles. The third-order valence-corrected chi connectivity index (χ3v) is 3.99. The van der Waals surface area contributed by atoms with Crippen LogP contribution in [0.2, 0.25) is 0 Å². The van der Waals surface area contributed by atoms with Crippen molar-refractivity contribution in [2.45, 2.75) is 26.3 Å². The predicted molar refractivity (Wildman–Crippen MR) is 72.9 cm³/mol. The van der Waals surface area contributed by atoms with Gasteiger partial charge in [-0.2, -0.15) is 0 Å². The first-order chi connectivity index (χ1) is 8.58. The number of hydrogen-bond acceptors (Lipinski definition) is 4.